The molecule has 0 fully saturated rings. The molecule has 0 amide bonds. The van der Waals surface area contributed by atoms with E-state index in [1.165, 1.54) is 23.0 Å². The second-order valence-corrected chi connectivity index (χ2v) is 6.83. The molecular formula is C24H17FN4O2. The van der Waals surface area contributed by atoms with Crippen molar-refractivity contribution in [3.63, 3.8) is 0 Å². The van der Waals surface area contributed by atoms with Gasteiger partial charge in [0, 0.05) is 17.5 Å². The monoisotopic (exact) mass is 412 g/mol. The van der Waals surface area contributed by atoms with Crippen molar-refractivity contribution in [2.24, 2.45) is 0 Å². The van der Waals surface area contributed by atoms with Gasteiger partial charge in [0.05, 0.1) is 12.1 Å². The lowest BCUT2D eigenvalue weighted by Gasteiger charge is -2.01. The van der Waals surface area contributed by atoms with E-state index in [1.54, 1.807) is 24.3 Å². The van der Waals surface area contributed by atoms with E-state index in [0.717, 1.165) is 22.3 Å². The molecule has 0 bridgehead atoms. The highest BCUT2D eigenvalue weighted by molar-refractivity contribution is 5.87. The van der Waals surface area contributed by atoms with Crippen molar-refractivity contribution in [2.45, 2.75) is 13.0 Å². The van der Waals surface area contributed by atoms with Crippen LogP contribution >= 0.6 is 0 Å². The Hall–Kier alpha value is -4.31. The molecule has 3 aromatic carbocycles. The Morgan fingerprint density at radius 1 is 1.00 bits per heavy atom. The maximum absolute atomic E-state index is 13.0. The lowest BCUT2D eigenvalue weighted by atomic mass is 10.1. The van der Waals surface area contributed by atoms with Crippen molar-refractivity contribution in [3.05, 3.63) is 101 Å². The first kappa shape index (κ1) is 20.0. The second kappa shape index (κ2) is 9.01. The minimum absolute atomic E-state index is 0.213. The quantitative estimate of drug-likeness (QED) is 0.504. The fourth-order valence-electron chi connectivity index (χ4n) is 2.98. The number of aromatic carboxylic acids is 1. The SMILES string of the molecule is O=C(O)c1cccc(Cn2nnc(-c3cccc(C#CCc4ccc(F)cc4)c3)n2)c1. The van der Waals surface area contributed by atoms with Gasteiger partial charge < -0.3 is 5.11 Å². The van der Waals surface area contributed by atoms with Gasteiger partial charge in [-0.15, -0.1) is 10.2 Å². The lowest BCUT2D eigenvalue weighted by Crippen LogP contribution is -2.05. The van der Waals surface area contributed by atoms with Crippen LogP contribution in [0.5, 0.6) is 0 Å². The number of hydrogen-bond donors (Lipinski definition) is 1. The van der Waals surface area contributed by atoms with E-state index in [2.05, 4.69) is 27.3 Å². The third kappa shape index (κ3) is 5.19. The average molecular weight is 412 g/mol. The average Bonchev–Trinajstić information content (AvgIpc) is 3.24. The summed E-state index contributed by atoms with van der Waals surface area (Å²) in [4.78, 5) is 12.5. The van der Waals surface area contributed by atoms with Gasteiger partial charge >= 0.3 is 5.97 Å². The number of benzene rings is 3. The van der Waals surface area contributed by atoms with E-state index in [4.69, 9.17) is 5.11 Å². The normalized spacial score (nSPS) is 10.4. The number of hydrogen-bond acceptors (Lipinski definition) is 4. The van der Waals surface area contributed by atoms with E-state index in [-0.39, 0.29) is 11.4 Å². The second-order valence-electron chi connectivity index (χ2n) is 6.83. The molecule has 0 aliphatic carbocycles. The van der Waals surface area contributed by atoms with Gasteiger partial charge in [0.1, 0.15) is 5.82 Å². The van der Waals surface area contributed by atoms with E-state index >= 15 is 0 Å². The van der Waals surface area contributed by atoms with Gasteiger partial charge in [-0.1, -0.05) is 48.2 Å². The van der Waals surface area contributed by atoms with Crippen molar-refractivity contribution in [1.82, 2.24) is 20.2 Å². The highest BCUT2D eigenvalue weighted by Crippen LogP contribution is 2.16. The summed E-state index contributed by atoms with van der Waals surface area (Å²) in [5.74, 6) is 5.40. The first-order valence-electron chi connectivity index (χ1n) is 9.50. The molecule has 0 radical (unpaired) electrons. The summed E-state index contributed by atoms with van der Waals surface area (Å²) >= 11 is 0. The van der Waals surface area contributed by atoms with Gasteiger partial charge in [0.25, 0.3) is 0 Å². The predicted molar refractivity (Wildman–Crippen MR) is 113 cm³/mol. The predicted octanol–water partition coefficient (Wildman–Crippen LogP) is 3.82. The standard InChI is InChI=1S/C24H17FN4O2/c25-22-12-10-17(11-13-22)4-1-5-18-6-2-8-20(14-18)23-26-28-29(27-23)16-19-7-3-9-21(15-19)24(30)31/h2-3,6-15H,4,16H2,(H,30,31). The molecule has 0 unspecified atom stereocenters. The molecule has 0 saturated heterocycles. The summed E-state index contributed by atoms with van der Waals surface area (Å²) in [5.41, 5.74) is 3.51. The van der Waals surface area contributed by atoms with E-state index in [0.29, 0.717) is 18.8 Å². The smallest absolute Gasteiger partial charge is 0.335 e. The Morgan fingerprint density at radius 3 is 2.61 bits per heavy atom. The molecule has 0 spiro atoms. The van der Waals surface area contributed by atoms with Crippen molar-refractivity contribution in [3.8, 4) is 23.2 Å². The van der Waals surface area contributed by atoms with Crippen LogP contribution in [0.15, 0.2) is 72.8 Å². The molecule has 4 aromatic rings. The summed E-state index contributed by atoms with van der Waals surface area (Å²) in [6.45, 7) is 0.311. The van der Waals surface area contributed by atoms with E-state index in [1.807, 2.05) is 30.3 Å². The van der Waals surface area contributed by atoms with Crippen LogP contribution < -0.4 is 0 Å². The first-order valence-corrected chi connectivity index (χ1v) is 9.50. The van der Waals surface area contributed by atoms with Gasteiger partial charge in [-0.3, -0.25) is 0 Å². The first-order chi connectivity index (χ1) is 15.1. The minimum atomic E-state index is -0.980. The van der Waals surface area contributed by atoms with E-state index in [9.17, 15) is 9.18 Å². The summed E-state index contributed by atoms with van der Waals surface area (Å²) in [5, 5.41) is 21.7. The molecule has 1 N–H and O–H groups in total. The van der Waals surface area contributed by atoms with Crippen LogP contribution in [0.1, 0.15) is 27.0 Å². The van der Waals surface area contributed by atoms with Crippen LogP contribution in [-0.2, 0) is 13.0 Å². The lowest BCUT2D eigenvalue weighted by molar-refractivity contribution is 0.0696. The number of halogens is 1. The number of aromatic nitrogens is 4. The molecule has 7 heteroatoms. The third-order valence-corrected chi connectivity index (χ3v) is 4.51. The fourth-order valence-corrected chi connectivity index (χ4v) is 2.98. The number of nitrogens with zero attached hydrogens (tertiary/aromatic N) is 4. The summed E-state index contributed by atoms with van der Waals surface area (Å²) in [6.07, 6.45) is 0.522. The molecule has 6 nitrogen and oxygen atoms in total. The highest BCUT2D eigenvalue weighted by atomic mass is 19.1. The zero-order valence-electron chi connectivity index (χ0n) is 16.4. The van der Waals surface area contributed by atoms with Crippen LogP contribution in [-0.4, -0.2) is 31.3 Å². The Kier molecular flexibility index (Phi) is 5.81. The maximum atomic E-state index is 13.0. The van der Waals surface area contributed by atoms with Crippen molar-refractivity contribution in [2.75, 3.05) is 0 Å². The number of rotatable bonds is 5. The molecule has 1 heterocycles. The number of carboxylic acids is 1. The zero-order valence-corrected chi connectivity index (χ0v) is 16.4. The molecular weight excluding hydrogens is 395 g/mol. The molecule has 0 saturated carbocycles. The number of carboxylic acid groups (broad SMARTS) is 1. The molecule has 152 valence electrons. The number of tetrazole rings is 1. The van der Waals surface area contributed by atoms with Gasteiger partial charge in [-0.2, -0.15) is 4.80 Å². The molecule has 0 atom stereocenters. The van der Waals surface area contributed by atoms with Crippen molar-refractivity contribution >= 4 is 5.97 Å². The minimum Gasteiger partial charge on any atom is -0.478 e. The molecule has 1 aromatic heterocycles. The molecule has 0 aliphatic rings. The summed E-state index contributed by atoms with van der Waals surface area (Å²) < 4.78 is 13.0. The summed E-state index contributed by atoms with van der Waals surface area (Å²) in [7, 11) is 0. The van der Waals surface area contributed by atoms with Gasteiger partial charge in [0.2, 0.25) is 5.82 Å². The molecule has 0 aliphatic heterocycles. The van der Waals surface area contributed by atoms with Crippen LogP contribution in [0.3, 0.4) is 0 Å². The Morgan fingerprint density at radius 2 is 1.81 bits per heavy atom. The third-order valence-electron chi connectivity index (χ3n) is 4.51. The number of carbonyl (C=O) groups is 1. The van der Waals surface area contributed by atoms with Gasteiger partial charge in [-0.25, -0.2) is 9.18 Å². The van der Waals surface area contributed by atoms with Crippen molar-refractivity contribution in [1.29, 1.82) is 0 Å². The molecule has 4 rings (SSSR count). The summed E-state index contributed by atoms with van der Waals surface area (Å²) in [6, 6.07) is 20.4. The largest absolute Gasteiger partial charge is 0.478 e. The van der Waals surface area contributed by atoms with Crippen molar-refractivity contribution < 1.29 is 14.3 Å². The van der Waals surface area contributed by atoms with Crippen LogP contribution in [0.4, 0.5) is 4.39 Å². The van der Waals surface area contributed by atoms with Crippen LogP contribution in [0, 0.1) is 17.7 Å². The fraction of sp³-hybridized carbons (Fsp3) is 0.0833. The Bertz CT molecular complexity index is 1290. The maximum Gasteiger partial charge on any atom is 0.335 e. The molecule has 31 heavy (non-hydrogen) atoms. The van der Waals surface area contributed by atoms with Gasteiger partial charge in [0.15, 0.2) is 0 Å². The topological polar surface area (TPSA) is 80.9 Å². The Labute approximate surface area is 178 Å². The van der Waals surface area contributed by atoms with E-state index < -0.39 is 5.97 Å². The zero-order chi connectivity index (χ0) is 21.6. The Balaban J connectivity index is 1.47. The van der Waals surface area contributed by atoms with Crippen LogP contribution in [0.2, 0.25) is 0 Å². The van der Waals surface area contributed by atoms with Crippen LogP contribution in [0.25, 0.3) is 11.4 Å². The highest BCUT2D eigenvalue weighted by Gasteiger charge is 2.08. The van der Waals surface area contributed by atoms with Gasteiger partial charge in [-0.05, 0) is 52.7 Å².